The Hall–Kier alpha value is -4.12. The minimum atomic E-state index is -0.617. The van der Waals surface area contributed by atoms with Crippen LogP contribution in [0.25, 0.3) is 17.3 Å². The van der Waals surface area contributed by atoms with E-state index < -0.39 is 5.91 Å². The average Bonchev–Trinajstić information content (AvgIpc) is 3.18. The van der Waals surface area contributed by atoms with Crippen LogP contribution < -0.4 is 24.8 Å². The number of carbonyl (C=O) groups excluding carboxylic acids is 1. The summed E-state index contributed by atoms with van der Waals surface area (Å²) in [5.41, 5.74) is 1.35. The molecule has 0 aliphatic heterocycles. The molecule has 0 saturated heterocycles. The number of nitrogens with zero attached hydrogens (tertiary/aromatic N) is 2. The second-order valence-electron chi connectivity index (χ2n) is 7.34. The number of carbonyl (C=O) groups is 1. The molecule has 0 fully saturated rings. The first-order chi connectivity index (χ1) is 17.0. The van der Waals surface area contributed by atoms with E-state index in [4.69, 9.17) is 16.3 Å². The quantitative estimate of drug-likeness (QED) is 0.431. The topological polar surface area (TPSA) is 84.1 Å². The zero-order valence-corrected chi connectivity index (χ0v) is 20.3. The molecule has 1 heterocycles. The van der Waals surface area contributed by atoms with Gasteiger partial charge in [0.15, 0.2) is 5.57 Å². The highest BCUT2D eigenvalue weighted by Crippen LogP contribution is 2.15. The Morgan fingerprint density at radius 2 is 1.77 bits per heavy atom. The maximum Gasteiger partial charge on any atom is 0.273 e. The number of nitriles is 1. The van der Waals surface area contributed by atoms with Crippen molar-refractivity contribution in [2.75, 3.05) is 11.9 Å². The molecule has 0 radical (unpaired) electrons. The molecular weight excluding hydrogens is 482 g/mol. The Kier molecular flexibility index (Phi) is 7.46. The summed E-state index contributed by atoms with van der Waals surface area (Å²) in [7, 11) is 0. The molecule has 0 aliphatic rings. The highest BCUT2D eigenvalue weighted by atomic mass is 35.5. The minimum Gasteiger partial charge on any atom is -0.494 e. The van der Waals surface area contributed by atoms with Gasteiger partial charge in [-0.25, -0.2) is 0 Å². The number of rotatable bonds is 6. The number of amides is 1. The van der Waals surface area contributed by atoms with E-state index in [1.807, 2.05) is 43.3 Å². The normalized spacial score (nSPS) is 12.1. The molecule has 0 atom stereocenters. The lowest BCUT2D eigenvalue weighted by Crippen LogP contribution is -2.32. The minimum absolute atomic E-state index is 0.169. The monoisotopic (exact) mass is 501 g/mol. The molecule has 1 amide bonds. The third-order valence-electron chi connectivity index (χ3n) is 4.98. The van der Waals surface area contributed by atoms with Crippen LogP contribution >= 0.6 is 22.9 Å². The van der Waals surface area contributed by atoms with Gasteiger partial charge in [-0.2, -0.15) is 5.26 Å². The SMILES string of the molecule is CCOc1ccc(C=c2sc(=C(C#N)C(=O)Nc3ccc(Cl)cc3)n(-c3ccccc3)c2=O)cc1. The number of thiazole rings is 1. The molecule has 0 spiro atoms. The fourth-order valence-electron chi connectivity index (χ4n) is 3.36. The van der Waals surface area contributed by atoms with Crippen molar-refractivity contribution in [3.8, 4) is 17.5 Å². The lowest BCUT2D eigenvalue weighted by atomic mass is 10.2. The van der Waals surface area contributed by atoms with Gasteiger partial charge in [0.2, 0.25) is 0 Å². The van der Waals surface area contributed by atoms with Gasteiger partial charge in [-0.3, -0.25) is 14.2 Å². The predicted molar refractivity (Wildman–Crippen MR) is 139 cm³/mol. The summed E-state index contributed by atoms with van der Waals surface area (Å²) >= 11 is 7.00. The molecule has 0 bridgehead atoms. The lowest BCUT2D eigenvalue weighted by molar-refractivity contribution is -0.111. The Balaban J connectivity index is 1.88. The zero-order chi connectivity index (χ0) is 24.8. The van der Waals surface area contributed by atoms with Crippen molar-refractivity contribution in [1.82, 2.24) is 4.57 Å². The number of anilines is 1. The second kappa shape index (κ2) is 10.9. The Morgan fingerprint density at radius 1 is 1.09 bits per heavy atom. The predicted octanol–water partition coefficient (Wildman–Crippen LogP) is 4.09. The molecule has 1 N–H and O–H groups in total. The fourth-order valence-corrected chi connectivity index (χ4v) is 4.59. The number of aromatic nitrogens is 1. The molecule has 0 unspecified atom stereocenters. The molecule has 0 saturated carbocycles. The number of hydrogen-bond donors (Lipinski definition) is 1. The third kappa shape index (κ3) is 5.52. The van der Waals surface area contributed by atoms with Crippen LogP contribution in [0.15, 0.2) is 83.7 Å². The molecule has 8 heteroatoms. The van der Waals surface area contributed by atoms with E-state index in [0.717, 1.165) is 22.6 Å². The number of halogens is 1. The van der Waals surface area contributed by atoms with Crippen LogP contribution in [-0.2, 0) is 4.79 Å². The van der Waals surface area contributed by atoms with Crippen LogP contribution in [-0.4, -0.2) is 17.1 Å². The molecule has 4 aromatic rings. The Labute approximate surface area is 210 Å². The van der Waals surface area contributed by atoms with E-state index in [1.165, 1.54) is 4.57 Å². The van der Waals surface area contributed by atoms with Crippen LogP contribution in [0.1, 0.15) is 12.5 Å². The second-order valence-corrected chi connectivity index (χ2v) is 8.81. The van der Waals surface area contributed by atoms with Gasteiger partial charge in [-0.05, 0) is 67.1 Å². The first-order valence-electron chi connectivity index (χ1n) is 10.7. The molecule has 4 rings (SSSR count). The first kappa shape index (κ1) is 24.0. The van der Waals surface area contributed by atoms with E-state index >= 15 is 0 Å². The lowest BCUT2D eigenvalue weighted by Gasteiger charge is -2.06. The van der Waals surface area contributed by atoms with E-state index in [-0.39, 0.29) is 15.8 Å². The van der Waals surface area contributed by atoms with Gasteiger partial charge >= 0.3 is 0 Å². The molecule has 35 heavy (non-hydrogen) atoms. The first-order valence-corrected chi connectivity index (χ1v) is 11.9. The highest BCUT2D eigenvalue weighted by Gasteiger charge is 2.17. The van der Waals surface area contributed by atoms with E-state index in [0.29, 0.717) is 27.5 Å². The molecule has 174 valence electrons. The maximum atomic E-state index is 13.5. The van der Waals surface area contributed by atoms with Crippen LogP contribution in [0.2, 0.25) is 5.02 Å². The van der Waals surface area contributed by atoms with Gasteiger partial charge in [0.25, 0.3) is 11.5 Å². The van der Waals surface area contributed by atoms with E-state index in [1.54, 1.807) is 54.6 Å². The number of hydrogen-bond acceptors (Lipinski definition) is 5. The molecular formula is C27H20ClN3O3S. The highest BCUT2D eigenvalue weighted by molar-refractivity contribution is 7.07. The Bertz CT molecular complexity index is 1570. The van der Waals surface area contributed by atoms with Crippen molar-refractivity contribution < 1.29 is 9.53 Å². The summed E-state index contributed by atoms with van der Waals surface area (Å²) in [6.07, 6.45) is 1.73. The number of nitrogens with one attached hydrogen (secondary N) is 1. The maximum absolute atomic E-state index is 13.5. The molecule has 6 nitrogen and oxygen atoms in total. The molecule has 1 aromatic heterocycles. The van der Waals surface area contributed by atoms with Crippen LogP contribution in [0.3, 0.4) is 0 Å². The van der Waals surface area contributed by atoms with Gasteiger partial charge in [-0.1, -0.05) is 41.9 Å². The fraction of sp³-hybridized carbons (Fsp3) is 0.0741. The van der Waals surface area contributed by atoms with Gasteiger partial charge in [-0.15, -0.1) is 11.3 Å². The molecule has 0 aliphatic carbocycles. The van der Waals surface area contributed by atoms with Crippen molar-refractivity contribution in [3.63, 3.8) is 0 Å². The molecule has 3 aromatic carbocycles. The number of benzene rings is 3. The summed E-state index contributed by atoms with van der Waals surface area (Å²) < 4.78 is 7.50. The van der Waals surface area contributed by atoms with Gasteiger partial charge in [0, 0.05) is 10.7 Å². The Morgan fingerprint density at radius 3 is 2.40 bits per heavy atom. The number of ether oxygens (including phenoxy) is 1. The van der Waals surface area contributed by atoms with Gasteiger partial charge < -0.3 is 10.1 Å². The largest absolute Gasteiger partial charge is 0.494 e. The van der Waals surface area contributed by atoms with E-state index in [2.05, 4.69) is 5.32 Å². The van der Waals surface area contributed by atoms with Gasteiger partial charge in [0.05, 0.1) is 16.8 Å². The van der Waals surface area contributed by atoms with E-state index in [9.17, 15) is 14.9 Å². The van der Waals surface area contributed by atoms with Crippen molar-refractivity contribution >= 4 is 46.2 Å². The third-order valence-corrected chi connectivity index (χ3v) is 6.33. The summed E-state index contributed by atoms with van der Waals surface area (Å²) in [6.45, 7) is 2.47. The van der Waals surface area contributed by atoms with Crippen molar-refractivity contribution in [1.29, 1.82) is 5.26 Å². The van der Waals surface area contributed by atoms with Crippen molar-refractivity contribution in [2.24, 2.45) is 0 Å². The van der Waals surface area contributed by atoms with Crippen LogP contribution in [0, 0.1) is 11.3 Å². The smallest absolute Gasteiger partial charge is 0.273 e. The van der Waals surface area contributed by atoms with Gasteiger partial charge in [0.1, 0.15) is 16.5 Å². The summed E-state index contributed by atoms with van der Waals surface area (Å²) in [5, 5.41) is 13.1. The van der Waals surface area contributed by atoms with Crippen LogP contribution in [0.4, 0.5) is 5.69 Å². The zero-order valence-electron chi connectivity index (χ0n) is 18.7. The van der Waals surface area contributed by atoms with Crippen LogP contribution in [0.5, 0.6) is 5.75 Å². The van der Waals surface area contributed by atoms with Crippen molar-refractivity contribution in [2.45, 2.75) is 6.92 Å². The summed E-state index contributed by atoms with van der Waals surface area (Å²) in [4.78, 5) is 26.5. The summed E-state index contributed by atoms with van der Waals surface area (Å²) in [6, 6.07) is 24.8. The number of para-hydroxylation sites is 1. The van der Waals surface area contributed by atoms with Crippen molar-refractivity contribution in [3.05, 3.63) is 109 Å². The average molecular weight is 502 g/mol. The standard InChI is InChI=1S/C27H20ClN3O3S/c1-2-34-22-14-8-18(9-15-22)16-24-26(33)31(21-6-4-3-5-7-21)27(35-24)23(17-29)25(32)30-20-12-10-19(28)11-13-20/h3-16H,2H2,1H3,(H,30,32). The summed E-state index contributed by atoms with van der Waals surface area (Å²) in [5.74, 6) is 0.116.